The lowest BCUT2D eigenvalue weighted by molar-refractivity contribution is -0.122. The zero-order valence-corrected chi connectivity index (χ0v) is 21.2. The second-order valence-corrected chi connectivity index (χ2v) is 8.91. The highest BCUT2D eigenvalue weighted by molar-refractivity contribution is 9.10. The number of carbonyl (C=O) groups is 2. The van der Waals surface area contributed by atoms with E-state index in [-0.39, 0.29) is 16.8 Å². The molecule has 2 aromatic rings. The molecule has 0 bridgehead atoms. The van der Waals surface area contributed by atoms with Gasteiger partial charge in [-0.1, -0.05) is 24.6 Å². The number of nitrogens with zero attached hydrogens (tertiary/aromatic N) is 1. The van der Waals surface area contributed by atoms with Crippen LogP contribution < -0.4 is 19.7 Å². The Labute approximate surface area is 205 Å². The molecule has 0 spiro atoms. The van der Waals surface area contributed by atoms with E-state index in [4.69, 9.17) is 33.3 Å². The zero-order chi connectivity index (χ0) is 23.6. The van der Waals surface area contributed by atoms with Crippen molar-refractivity contribution in [3.63, 3.8) is 0 Å². The fourth-order valence-electron chi connectivity index (χ4n) is 3.00. The van der Waals surface area contributed by atoms with E-state index in [0.29, 0.717) is 32.2 Å². The van der Waals surface area contributed by atoms with Gasteiger partial charge in [0.25, 0.3) is 11.8 Å². The lowest BCUT2D eigenvalue weighted by Gasteiger charge is -2.29. The molecule has 1 fully saturated rings. The molecular weight excluding hydrogens is 516 g/mol. The number of carbonyl (C=O) groups excluding carboxylic acids is 2. The Bertz CT molecular complexity index is 1140. The molecule has 0 saturated carbocycles. The van der Waals surface area contributed by atoms with Crippen LogP contribution in [0.4, 0.5) is 5.69 Å². The van der Waals surface area contributed by atoms with E-state index in [0.717, 1.165) is 12.0 Å². The van der Waals surface area contributed by atoms with Crippen LogP contribution in [-0.2, 0) is 9.59 Å². The van der Waals surface area contributed by atoms with E-state index in [1.807, 2.05) is 20.8 Å². The molecule has 9 heteroatoms. The Kier molecular flexibility index (Phi) is 7.59. The Balaban J connectivity index is 2.02. The van der Waals surface area contributed by atoms with E-state index in [1.54, 1.807) is 30.3 Å². The minimum absolute atomic E-state index is 0.00636. The molecule has 0 unspecified atom stereocenters. The molecule has 1 heterocycles. The Morgan fingerprint density at radius 3 is 2.62 bits per heavy atom. The molecule has 6 nitrogen and oxygen atoms in total. The van der Waals surface area contributed by atoms with Gasteiger partial charge in [-0.3, -0.25) is 19.8 Å². The highest BCUT2D eigenvalue weighted by Crippen LogP contribution is 2.38. The van der Waals surface area contributed by atoms with Crippen molar-refractivity contribution in [3.05, 3.63) is 56.5 Å². The fourth-order valence-corrected chi connectivity index (χ4v) is 4.01. The van der Waals surface area contributed by atoms with Crippen molar-refractivity contribution in [2.75, 3.05) is 12.0 Å². The van der Waals surface area contributed by atoms with Crippen LogP contribution in [0, 0.1) is 6.92 Å². The van der Waals surface area contributed by atoms with Crippen molar-refractivity contribution >= 4 is 68.4 Å². The number of aryl methyl sites for hydroxylation is 1. The van der Waals surface area contributed by atoms with E-state index in [1.165, 1.54) is 18.1 Å². The lowest BCUT2D eigenvalue weighted by atomic mass is 10.1. The van der Waals surface area contributed by atoms with Gasteiger partial charge in [0.15, 0.2) is 16.6 Å². The maximum atomic E-state index is 13.2. The number of rotatable bonds is 6. The Hall–Kier alpha value is -2.42. The summed E-state index contributed by atoms with van der Waals surface area (Å²) in [6.07, 6.45) is 2.31. The zero-order valence-electron chi connectivity index (χ0n) is 18.0. The maximum Gasteiger partial charge on any atom is 0.270 e. The van der Waals surface area contributed by atoms with Gasteiger partial charge in [0.1, 0.15) is 5.57 Å². The lowest BCUT2D eigenvalue weighted by Crippen LogP contribution is -2.54. The Morgan fingerprint density at radius 1 is 1.28 bits per heavy atom. The summed E-state index contributed by atoms with van der Waals surface area (Å²) >= 11 is 15.0. The predicted octanol–water partition coefficient (Wildman–Crippen LogP) is 5.43. The van der Waals surface area contributed by atoms with Crippen LogP contribution in [0.25, 0.3) is 6.08 Å². The molecule has 1 atom stereocenters. The van der Waals surface area contributed by atoms with Crippen molar-refractivity contribution in [2.24, 2.45) is 0 Å². The highest BCUT2D eigenvalue weighted by atomic mass is 79.9. The molecular formula is C23H22BrClN2O4S. The van der Waals surface area contributed by atoms with Gasteiger partial charge >= 0.3 is 0 Å². The molecule has 2 aromatic carbocycles. The molecule has 3 rings (SSSR count). The summed E-state index contributed by atoms with van der Waals surface area (Å²) in [4.78, 5) is 27.1. The summed E-state index contributed by atoms with van der Waals surface area (Å²) in [5, 5.41) is 3.05. The Morgan fingerprint density at radius 2 is 2.00 bits per heavy atom. The normalized spacial score (nSPS) is 16.2. The first-order chi connectivity index (χ1) is 15.2. The summed E-state index contributed by atoms with van der Waals surface area (Å²) in [5.41, 5.74) is 1.85. The van der Waals surface area contributed by atoms with Crippen molar-refractivity contribution in [1.29, 1.82) is 0 Å². The van der Waals surface area contributed by atoms with Gasteiger partial charge in [-0.25, -0.2) is 0 Å². The number of amides is 2. The summed E-state index contributed by atoms with van der Waals surface area (Å²) in [5.74, 6) is -0.0911. The average molecular weight is 538 g/mol. The molecule has 0 aromatic heterocycles. The van der Waals surface area contributed by atoms with Crippen LogP contribution in [0.1, 0.15) is 31.4 Å². The first kappa shape index (κ1) is 24.2. The summed E-state index contributed by atoms with van der Waals surface area (Å²) in [7, 11) is 1.53. The third-order valence-electron chi connectivity index (χ3n) is 4.97. The number of halogens is 2. The molecule has 1 aliphatic heterocycles. The molecule has 1 N–H and O–H groups in total. The molecule has 1 saturated heterocycles. The third kappa shape index (κ3) is 4.98. The van der Waals surface area contributed by atoms with Gasteiger partial charge in [-0.05, 0) is 89.9 Å². The van der Waals surface area contributed by atoms with Gasteiger partial charge in [0.05, 0.1) is 23.4 Å². The second-order valence-electron chi connectivity index (χ2n) is 7.26. The van der Waals surface area contributed by atoms with Crippen LogP contribution in [0.3, 0.4) is 0 Å². The molecule has 1 aliphatic rings. The van der Waals surface area contributed by atoms with Crippen LogP contribution in [0.5, 0.6) is 11.5 Å². The third-order valence-corrected chi connectivity index (χ3v) is 6.25. The van der Waals surface area contributed by atoms with Gasteiger partial charge in [-0.2, -0.15) is 0 Å². The monoisotopic (exact) mass is 536 g/mol. The molecule has 2 amide bonds. The number of benzene rings is 2. The van der Waals surface area contributed by atoms with E-state index in [2.05, 4.69) is 21.2 Å². The summed E-state index contributed by atoms with van der Waals surface area (Å²) < 4.78 is 12.1. The second kappa shape index (κ2) is 10.0. The van der Waals surface area contributed by atoms with Gasteiger partial charge in [0.2, 0.25) is 0 Å². The summed E-state index contributed by atoms with van der Waals surface area (Å²) in [6, 6.07) is 8.60. The van der Waals surface area contributed by atoms with Gasteiger partial charge in [-0.15, -0.1) is 0 Å². The number of methoxy groups -OCH3 is 1. The number of hydrogen-bond donors (Lipinski definition) is 1. The van der Waals surface area contributed by atoms with Crippen LogP contribution in [0.15, 0.2) is 40.4 Å². The van der Waals surface area contributed by atoms with Gasteiger partial charge in [0, 0.05) is 5.02 Å². The largest absolute Gasteiger partial charge is 0.493 e. The minimum Gasteiger partial charge on any atom is -0.493 e. The topological polar surface area (TPSA) is 67.9 Å². The first-order valence-electron chi connectivity index (χ1n) is 9.88. The number of nitrogens with one attached hydrogen (secondary N) is 1. The van der Waals surface area contributed by atoms with Crippen LogP contribution in [0.2, 0.25) is 5.02 Å². The van der Waals surface area contributed by atoms with Crippen molar-refractivity contribution in [3.8, 4) is 11.5 Å². The average Bonchev–Trinajstić information content (AvgIpc) is 2.74. The van der Waals surface area contributed by atoms with Crippen molar-refractivity contribution in [2.45, 2.75) is 33.3 Å². The van der Waals surface area contributed by atoms with E-state index >= 15 is 0 Å². The number of thiocarbonyl (C=S) groups is 1. The molecule has 32 heavy (non-hydrogen) atoms. The minimum atomic E-state index is -0.579. The van der Waals surface area contributed by atoms with E-state index in [9.17, 15) is 9.59 Å². The molecule has 168 valence electrons. The van der Waals surface area contributed by atoms with Crippen LogP contribution >= 0.6 is 39.7 Å². The van der Waals surface area contributed by atoms with Crippen LogP contribution in [-0.4, -0.2) is 30.1 Å². The maximum absolute atomic E-state index is 13.2. The molecule has 0 aliphatic carbocycles. The summed E-state index contributed by atoms with van der Waals surface area (Å²) in [6.45, 7) is 5.84. The standard InChI is InChI=1S/C23H22BrClN2O4S/c1-5-13(3)31-20-17(24)9-14(10-19(20)30-4)8-16-21(28)26-23(32)27(22(16)29)15-7-6-12(2)18(25)11-15/h6-11,13H,5H2,1-4H3,(H,26,28,32)/b16-8+/t13-/m0/s1. The number of anilines is 1. The predicted molar refractivity (Wildman–Crippen MR) is 133 cm³/mol. The number of hydrogen-bond acceptors (Lipinski definition) is 5. The smallest absolute Gasteiger partial charge is 0.270 e. The first-order valence-corrected chi connectivity index (χ1v) is 11.5. The quantitative estimate of drug-likeness (QED) is 0.302. The molecule has 0 radical (unpaired) electrons. The fraction of sp³-hybridized carbons (Fsp3) is 0.261. The van der Waals surface area contributed by atoms with Crippen molar-refractivity contribution in [1.82, 2.24) is 5.32 Å². The van der Waals surface area contributed by atoms with Crippen molar-refractivity contribution < 1.29 is 19.1 Å². The van der Waals surface area contributed by atoms with Gasteiger partial charge < -0.3 is 9.47 Å². The highest BCUT2D eigenvalue weighted by Gasteiger charge is 2.34. The van der Waals surface area contributed by atoms with E-state index < -0.39 is 11.8 Å². The number of ether oxygens (including phenoxy) is 2. The SMILES string of the molecule is CC[C@H](C)Oc1c(Br)cc(/C=C2\C(=O)NC(=S)N(c3ccc(C)c(Cl)c3)C2=O)cc1OC.